The molecule has 5 heteroatoms. The molecule has 0 spiro atoms. The normalized spacial score (nSPS) is 15.5. The van der Waals surface area contributed by atoms with E-state index in [1.54, 1.807) is 12.4 Å². The Morgan fingerprint density at radius 3 is 2.70 bits per heavy atom. The Balaban J connectivity index is 1.76. The number of hydrogen-bond donors (Lipinski definition) is 2. The van der Waals surface area contributed by atoms with Gasteiger partial charge < -0.3 is 10.6 Å². The smallest absolute Gasteiger partial charge is 0.161 e. The number of hydrogen-bond acceptors (Lipinski definition) is 5. The quantitative estimate of drug-likeness (QED) is 0.859. The van der Waals surface area contributed by atoms with Crippen LogP contribution in [0.4, 0.5) is 5.82 Å². The number of nitrogens with zero attached hydrogens (tertiary/aromatic N) is 3. The highest BCUT2D eigenvalue weighted by atomic mass is 15.0. The molecule has 122 valence electrons. The van der Waals surface area contributed by atoms with Crippen LogP contribution in [0.3, 0.4) is 0 Å². The van der Waals surface area contributed by atoms with Gasteiger partial charge in [-0.25, -0.2) is 9.97 Å². The second-order valence-electron chi connectivity index (χ2n) is 6.13. The third kappa shape index (κ3) is 4.48. The summed E-state index contributed by atoms with van der Waals surface area (Å²) in [7, 11) is 0. The second-order valence-corrected chi connectivity index (χ2v) is 6.13. The molecular weight excluding hydrogens is 286 g/mol. The van der Waals surface area contributed by atoms with E-state index in [1.807, 2.05) is 12.1 Å². The summed E-state index contributed by atoms with van der Waals surface area (Å²) in [5.41, 5.74) is 2.12. The fourth-order valence-electron chi connectivity index (χ4n) is 2.94. The van der Waals surface area contributed by atoms with E-state index in [2.05, 4.69) is 28.6 Å². The maximum absolute atomic E-state index is 4.70. The van der Waals surface area contributed by atoms with Crippen LogP contribution in [-0.2, 0) is 6.42 Å². The maximum atomic E-state index is 4.70. The number of rotatable bonds is 6. The zero-order valence-electron chi connectivity index (χ0n) is 13.8. The summed E-state index contributed by atoms with van der Waals surface area (Å²) in [5, 5.41) is 6.94. The SMILES string of the molecule is CCCc1cc(NCC2CCNCC2)nc(-c2ccncc2)n1. The number of aromatic nitrogens is 3. The largest absolute Gasteiger partial charge is 0.370 e. The molecule has 0 saturated carbocycles. The number of pyridine rings is 1. The number of anilines is 1. The Kier molecular flexibility index (Phi) is 5.53. The van der Waals surface area contributed by atoms with Crippen molar-refractivity contribution in [2.75, 3.05) is 25.0 Å². The van der Waals surface area contributed by atoms with Crippen LogP contribution in [0, 0.1) is 5.92 Å². The van der Waals surface area contributed by atoms with Gasteiger partial charge >= 0.3 is 0 Å². The fraction of sp³-hybridized carbons (Fsp3) is 0.500. The van der Waals surface area contributed by atoms with Crippen LogP contribution in [0.25, 0.3) is 11.4 Å². The minimum Gasteiger partial charge on any atom is -0.370 e. The molecule has 0 radical (unpaired) electrons. The first kappa shape index (κ1) is 15.9. The summed E-state index contributed by atoms with van der Waals surface area (Å²) in [6, 6.07) is 6.01. The standard InChI is InChI=1S/C18H25N5/c1-2-3-16-12-17(21-13-14-4-8-19-9-5-14)23-18(22-16)15-6-10-20-11-7-15/h6-7,10-12,14,19H,2-5,8-9,13H2,1H3,(H,21,22,23). The van der Waals surface area contributed by atoms with Crippen LogP contribution >= 0.6 is 0 Å². The number of piperidine rings is 1. The Morgan fingerprint density at radius 1 is 1.17 bits per heavy atom. The molecule has 1 aliphatic heterocycles. The maximum Gasteiger partial charge on any atom is 0.161 e. The Bertz CT molecular complexity index is 608. The van der Waals surface area contributed by atoms with Gasteiger partial charge in [0.2, 0.25) is 0 Å². The highest BCUT2D eigenvalue weighted by Crippen LogP contribution is 2.19. The Morgan fingerprint density at radius 2 is 1.96 bits per heavy atom. The molecule has 0 atom stereocenters. The zero-order valence-corrected chi connectivity index (χ0v) is 13.8. The average molecular weight is 311 g/mol. The molecule has 23 heavy (non-hydrogen) atoms. The van der Waals surface area contributed by atoms with Crippen LogP contribution in [0.1, 0.15) is 31.9 Å². The van der Waals surface area contributed by atoms with Crippen LogP contribution in [0.5, 0.6) is 0 Å². The van der Waals surface area contributed by atoms with E-state index in [-0.39, 0.29) is 0 Å². The summed E-state index contributed by atoms with van der Waals surface area (Å²) >= 11 is 0. The van der Waals surface area contributed by atoms with Gasteiger partial charge in [-0.1, -0.05) is 13.3 Å². The Hall–Kier alpha value is -2.01. The van der Waals surface area contributed by atoms with E-state index in [0.717, 1.165) is 61.3 Å². The first-order chi connectivity index (χ1) is 11.3. The molecule has 1 aliphatic rings. The van der Waals surface area contributed by atoms with Gasteiger partial charge in [0.05, 0.1) is 0 Å². The van der Waals surface area contributed by atoms with Gasteiger partial charge in [-0.2, -0.15) is 0 Å². The predicted octanol–water partition coefficient (Wildman–Crippen LogP) is 2.90. The highest BCUT2D eigenvalue weighted by molar-refractivity contribution is 5.56. The average Bonchev–Trinajstić information content (AvgIpc) is 2.62. The van der Waals surface area contributed by atoms with Gasteiger partial charge in [-0.05, 0) is 50.4 Å². The van der Waals surface area contributed by atoms with Gasteiger partial charge in [-0.3, -0.25) is 4.98 Å². The topological polar surface area (TPSA) is 62.7 Å². The van der Waals surface area contributed by atoms with Crippen LogP contribution in [0.15, 0.2) is 30.6 Å². The molecule has 0 amide bonds. The lowest BCUT2D eigenvalue weighted by atomic mass is 9.98. The first-order valence-corrected chi connectivity index (χ1v) is 8.58. The fourth-order valence-corrected chi connectivity index (χ4v) is 2.94. The lowest BCUT2D eigenvalue weighted by Gasteiger charge is -2.23. The molecule has 3 rings (SSSR count). The van der Waals surface area contributed by atoms with Gasteiger partial charge in [0.25, 0.3) is 0 Å². The van der Waals surface area contributed by atoms with Crippen molar-refractivity contribution in [3.05, 3.63) is 36.3 Å². The van der Waals surface area contributed by atoms with E-state index in [4.69, 9.17) is 9.97 Å². The van der Waals surface area contributed by atoms with Crippen molar-refractivity contribution in [1.29, 1.82) is 0 Å². The van der Waals surface area contributed by atoms with E-state index in [1.165, 1.54) is 12.8 Å². The number of aryl methyl sites for hydroxylation is 1. The molecule has 0 aromatic carbocycles. The third-order valence-corrected chi connectivity index (χ3v) is 4.25. The van der Waals surface area contributed by atoms with Crippen molar-refractivity contribution in [1.82, 2.24) is 20.3 Å². The minimum absolute atomic E-state index is 0.727. The van der Waals surface area contributed by atoms with Gasteiger partial charge in [0.1, 0.15) is 5.82 Å². The van der Waals surface area contributed by atoms with Crippen LogP contribution < -0.4 is 10.6 Å². The lowest BCUT2D eigenvalue weighted by molar-refractivity contribution is 0.389. The lowest BCUT2D eigenvalue weighted by Crippen LogP contribution is -2.31. The molecule has 2 N–H and O–H groups in total. The Labute approximate surface area is 138 Å². The summed E-state index contributed by atoms with van der Waals surface area (Å²) in [6.45, 7) is 5.41. The molecule has 0 unspecified atom stereocenters. The summed E-state index contributed by atoms with van der Waals surface area (Å²) in [5.74, 6) is 2.45. The zero-order chi connectivity index (χ0) is 15.9. The van der Waals surface area contributed by atoms with Crippen molar-refractivity contribution in [2.24, 2.45) is 5.92 Å². The van der Waals surface area contributed by atoms with Gasteiger partial charge in [0, 0.05) is 36.3 Å². The molecular formula is C18H25N5. The summed E-state index contributed by atoms with van der Waals surface area (Å²) in [4.78, 5) is 13.5. The molecule has 0 aliphatic carbocycles. The molecule has 5 nitrogen and oxygen atoms in total. The predicted molar refractivity (Wildman–Crippen MR) is 93.3 cm³/mol. The number of nitrogens with one attached hydrogen (secondary N) is 2. The van der Waals surface area contributed by atoms with Crippen molar-refractivity contribution in [3.63, 3.8) is 0 Å². The summed E-state index contributed by atoms with van der Waals surface area (Å²) in [6.07, 6.45) is 8.10. The van der Waals surface area contributed by atoms with E-state index in [0.29, 0.717) is 0 Å². The highest BCUT2D eigenvalue weighted by Gasteiger charge is 2.13. The van der Waals surface area contributed by atoms with Crippen LogP contribution in [-0.4, -0.2) is 34.6 Å². The minimum atomic E-state index is 0.727. The molecule has 2 aromatic heterocycles. The summed E-state index contributed by atoms with van der Waals surface area (Å²) < 4.78 is 0. The van der Waals surface area contributed by atoms with Gasteiger partial charge in [0.15, 0.2) is 5.82 Å². The molecule has 0 bridgehead atoms. The van der Waals surface area contributed by atoms with Crippen molar-refractivity contribution >= 4 is 5.82 Å². The van der Waals surface area contributed by atoms with E-state index in [9.17, 15) is 0 Å². The van der Waals surface area contributed by atoms with Crippen LogP contribution in [0.2, 0.25) is 0 Å². The van der Waals surface area contributed by atoms with Crippen molar-refractivity contribution < 1.29 is 0 Å². The van der Waals surface area contributed by atoms with E-state index >= 15 is 0 Å². The molecule has 3 heterocycles. The first-order valence-electron chi connectivity index (χ1n) is 8.58. The molecule has 1 saturated heterocycles. The van der Waals surface area contributed by atoms with Crippen molar-refractivity contribution in [2.45, 2.75) is 32.6 Å². The van der Waals surface area contributed by atoms with E-state index < -0.39 is 0 Å². The molecule has 1 fully saturated rings. The van der Waals surface area contributed by atoms with Crippen molar-refractivity contribution in [3.8, 4) is 11.4 Å². The second kappa shape index (κ2) is 8.02. The third-order valence-electron chi connectivity index (χ3n) is 4.25. The van der Waals surface area contributed by atoms with Gasteiger partial charge in [-0.15, -0.1) is 0 Å². The monoisotopic (exact) mass is 311 g/mol. The molecule has 2 aromatic rings.